The molecule has 2 heterocycles. The van der Waals surface area contributed by atoms with Crippen LogP contribution in [0.3, 0.4) is 0 Å². The fourth-order valence-electron chi connectivity index (χ4n) is 5.85. The van der Waals surface area contributed by atoms with Gasteiger partial charge in [-0.1, -0.05) is 12.1 Å². The van der Waals surface area contributed by atoms with Gasteiger partial charge in [-0.25, -0.2) is 8.78 Å². The molecule has 1 N–H and O–H groups in total. The second kappa shape index (κ2) is 6.18. The summed E-state index contributed by atoms with van der Waals surface area (Å²) in [7, 11) is 1.57. The Kier molecular flexibility index (Phi) is 3.68. The molecule has 162 valence electrons. The van der Waals surface area contributed by atoms with E-state index < -0.39 is 34.3 Å². The molecule has 32 heavy (non-hydrogen) atoms. The molecule has 0 radical (unpaired) electrons. The highest BCUT2D eigenvalue weighted by atomic mass is 19.1. The van der Waals surface area contributed by atoms with Crippen molar-refractivity contribution in [2.45, 2.75) is 18.4 Å². The average Bonchev–Trinajstić information content (AvgIpc) is 3.24. The molecule has 1 aliphatic heterocycles. The summed E-state index contributed by atoms with van der Waals surface area (Å²) >= 11 is 0. The van der Waals surface area contributed by atoms with E-state index in [2.05, 4.69) is 0 Å². The first kappa shape index (κ1) is 19.0. The summed E-state index contributed by atoms with van der Waals surface area (Å²) in [5.41, 5.74) is 1.53. The summed E-state index contributed by atoms with van der Waals surface area (Å²) in [6.07, 6.45) is 2.76. The predicted molar refractivity (Wildman–Crippen MR) is 112 cm³/mol. The molecule has 0 unspecified atom stereocenters. The van der Waals surface area contributed by atoms with Crippen molar-refractivity contribution in [1.29, 1.82) is 0 Å². The Hall–Kier alpha value is -3.68. The van der Waals surface area contributed by atoms with Crippen molar-refractivity contribution in [3.63, 3.8) is 0 Å². The second-order valence-corrected chi connectivity index (χ2v) is 8.74. The van der Waals surface area contributed by atoms with Gasteiger partial charge in [0.05, 0.1) is 0 Å². The van der Waals surface area contributed by atoms with Crippen LogP contribution in [0, 0.1) is 17.6 Å². The zero-order valence-electron chi connectivity index (χ0n) is 17.2. The van der Waals surface area contributed by atoms with Gasteiger partial charge in [-0.3, -0.25) is 19.3 Å². The van der Waals surface area contributed by atoms with Crippen LogP contribution in [0.2, 0.25) is 0 Å². The maximum absolute atomic E-state index is 14.5. The van der Waals surface area contributed by atoms with Crippen LogP contribution in [0.25, 0.3) is 0 Å². The molecule has 6 nitrogen and oxygen atoms in total. The van der Waals surface area contributed by atoms with Gasteiger partial charge in [0.25, 0.3) is 5.91 Å². The highest BCUT2D eigenvalue weighted by Gasteiger charge is 2.58. The molecule has 0 atom stereocenters. The minimum Gasteiger partial charge on any atom is -0.502 e. The summed E-state index contributed by atoms with van der Waals surface area (Å²) in [6, 6.07) is 10.5. The van der Waals surface area contributed by atoms with Gasteiger partial charge in [0, 0.05) is 25.2 Å². The maximum atomic E-state index is 14.5. The Balaban J connectivity index is 1.72. The molecule has 0 spiro atoms. The third kappa shape index (κ3) is 2.21. The molecule has 2 aromatic carbocycles. The number of nitrogens with zero attached hydrogens (tertiary/aromatic N) is 3. The first-order valence-electron chi connectivity index (χ1n) is 10.4. The van der Waals surface area contributed by atoms with Crippen molar-refractivity contribution in [3.05, 3.63) is 98.5 Å². The molecule has 0 bridgehead atoms. The van der Waals surface area contributed by atoms with E-state index in [0.717, 1.165) is 11.1 Å². The Morgan fingerprint density at radius 1 is 0.969 bits per heavy atom. The number of pyridine rings is 1. The van der Waals surface area contributed by atoms with Crippen molar-refractivity contribution in [2.24, 2.45) is 5.92 Å². The lowest BCUT2D eigenvalue weighted by Crippen LogP contribution is -2.62. The fourth-order valence-corrected chi connectivity index (χ4v) is 5.85. The smallest absolute Gasteiger partial charge is 0.277 e. The van der Waals surface area contributed by atoms with Crippen molar-refractivity contribution in [1.82, 2.24) is 9.58 Å². The lowest BCUT2D eigenvalue weighted by molar-refractivity contribution is 0.0697. The van der Waals surface area contributed by atoms with Crippen molar-refractivity contribution in [2.75, 3.05) is 18.7 Å². The molecule has 6 rings (SSSR count). The molecule has 2 aliphatic carbocycles. The minimum absolute atomic E-state index is 0.0490. The molecule has 1 aromatic heterocycles. The van der Waals surface area contributed by atoms with Gasteiger partial charge in [-0.2, -0.15) is 0 Å². The number of carbonyl (C=O) groups is 1. The number of aromatic hydroxyl groups is 1. The van der Waals surface area contributed by atoms with E-state index in [4.69, 9.17) is 0 Å². The number of rotatable bonds is 1. The summed E-state index contributed by atoms with van der Waals surface area (Å²) < 4.78 is 30.5. The number of amides is 1. The molecular formula is C24H19F2N3O3. The van der Waals surface area contributed by atoms with E-state index in [1.54, 1.807) is 19.2 Å². The second-order valence-electron chi connectivity index (χ2n) is 8.74. The number of aromatic nitrogens is 1. The average molecular weight is 435 g/mol. The summed E-state index contributed by atoms with van der Waals surface area (Å²) in [4.78, 5) is 26.4. The highest BCUT2D eigenvalue weighted by molar-refractivity contribution is 5.96. The van der Waals surface area contributed by atoms with Crippen LogP contribution in [0.4, 0.5) is 8.78 Å². The Bertz CT molecular complexity index is 1330. The Labute approximate surface area is 181 Å². The van der Waals surface area contributed by atoms with Crippen LogP contribution in [-0.4, -0.2) is 34.3 Å². The normalized spacial score (nSPS) is 23.1. The van der Waals surface area contributed by atoms with Crippen molar-refractivity contribution in [3.8, 4) is 5.75 Å². The fraction of sp³-hybridized carbons (Fsp3) is 0.250. The minimum atomic E-state index is -0.972. The van der Waals surface area contributed by atoms with E-state index >= 15 is 0 Å². The van der Waals surface area contributed by atoms with E-state index in [-0.39, 0.29) is 18.3 Å². The quantitative estimate of drug-likeness (QED) is 0.638. The third-order valence-corrected chi connectivity index (χ3v) is 7.11. The standard InChI is InChI=1S/C24H19F2N3O3/c1-27-12-29(28-7-6-20(30)22(31)21(28)23(27)32)24-15(8-13-2-4-16(25)10-18(13)24)9-14-3-5-17(26)11-19(14)24/h2-7,10-11,15,31H,8-9,12H2,1H3. The van der Waals surface area contributed by atoms with Crippen LogP contribution in [0.15, 0.2) is 53.5 Å². The van der Waals surface area contributed by atoms with E-state index in [1.165, 1.54) is 46.1 Å². The predicted octanol–water partition coefficient (Wildman–Crippen LogP) is 2.49. The zero-order chi connectivity index (χ0) is 22.4. The largest absolute Gasteiger partial charge is 0.502 e. The molecule has 0 saturated heterocycles. The number of fused-ring (bicyclic) bond motifs is 6. The van der Waals surface area contributed by atoms with Gasteiger partial charge in [-0.05, 0) is 59.4 Å². The van der Waals surface area contributed by atoms with Gasteiger partial charge in [-0.15, -0.1) is 0 Å². The number of benzene rings is 2. The molecule has 3 aromatic rings. The molecule has 8 heteroatoms. The van der Waals surface area contributed by atoms with Crippen LogP contribution >= 0.6 is 0 Å². The van der Waals surface area contributed by atoms with E-state index in [9.17, 15) is 23.5 Å². The van der Waals surface area contributed by atoms with E-state index in [0.29, 0.717) is 24.0 Å². The zero-order valence-corrected chi connectivity index (χ0v) is 17.2. The Morgan fingerprint density at radius 3 is 2.16 bits per heavy atom. The van der Waals surface area contributed by atoms with Crippen molar-refractivity contribution >= 4 is 5.91 Å². The first-order chi connectivity index (χ1) is 15.3. The van der Waals surface area contributed by atoms with E-state index in [1.807, 2.05) is 5.01 Å². The van der Waals surface area contributed by atoms with Crippen LogP contribution in [0.1, 0.15) is 32.7 Å². The summed E-state index contributed by atoms with van der Waals surface area (Å²) in [5, 5.41) is 12.3. The topological polar surface area (TPSA) is 65.8 Å². The number of halogens is 2. The van der Waals surface area contributed by atoms with Gasteiger partial charge >= 0.3 is 0 Å². The Morgan fingerprint density at radius 2 is 1.56 bits per heavy atom. The van der Waals surface area contributed by atoms with Crippen LogP contribution in [-0.2, 0) is 18.4 Å². The monoisotopic (exact) mass is 435 g/mol. The van der Waals surface area contributed by atoms with Crippen LogP contribution in [0.5, 0.6) is 5.75 Å². The summed E-state index contributed by atoms with van der Waals surface area (Å²) in [6.45, 7) is 0.108. The van der Waals surface area contributed by atoms with Gasteiger partial charge < -0.3 is 10.0 Å². The SMILES string of the molecule is CN1CN(C23c4cc(F)ccc4CC2Cc2ccc(F)cc23)n2ccc(=O)c(O)c2C1=O. The van der Waals surface area contributed by atoms with Gasteiger partial charge in [0.15, 0.2) is 11.4 Å². The summed E-state index contributed by atoms with van der Waals surface area (Å²) in [5.74, 6) is -2.00. The van der Waals surface area contributed by atoms with Crippen molar-refractivity contribution < 1.29 is 18.7 Å². The lowest BCUT2D eigenvalue weighted by Gasteiger charge is -2.50. The maximum Gasteiger partial charge on any atom is 0.277 e. The molecular weight excluding hydrogens is 416 g/mol. The van der Waals surface area contributed by atoms with Gasteiger partial charge in [0.1, 0.15) is 23.8 Å². The lowest BCUT2D eigenvalue weighted by atomic mass is 9.81. The number of hydrogen-bond acceptors (Lipinski definition) is 4. The number of carbonyl (C=O) groups excluding carboxylic acids is 1. The molecule has 0 saturated carbocycles. The third-order valence-electron chi connectivity index (χ3n) is 7.11. The van der Waals surface area contributed by atoms with Gasteiger partial charge in [0.2, 0.25) is 5.43 Å². The molecule has 0 fully saturated rings. The first-order valence-corrected chi connectivity index (χ1v) is 10.4. The molecule has 3 aliphatic rings. The molecule has 1 amide bonds. The number of hydrogen-bond donors (Lipinski definition) is 1. The highest BCUT2D eigenvalue weighted by Crippen LogP contribution is 2.56. The van der Waals surface area contributed by atoms with Crippen LogP contribution < -0.4 is 10.4 Å².